The van der Waals surface area contributed by atoms with E-state index in [0.717, 1.165) is 17.1 Å². The first kappa shape index (κ1) is 12.1. The quantitative estimate of drug-likeness (QED) is 0.703. The van der Waals surface area contributed by atoms with Crippen molar-refractivity contribution in [1.82, 2.24) is 0 Å². The fourth-order valence-electron chi connectivity index (χ4n) is 2.67. The minimum Gasteiger partial charge on any atom is -0.295 e. The van der Waals surface area contributed by atoms with Crippen molar-refractivity contribution in [3.63, 3.8) is 0 Å². The van der Waals surface area contributed by atoms with Gasteiger partial charge < -0.3 is 0 Å². The van der Waals surface area contributed by atoms with Gasteiger partial charge in [-0.05, 0) is 55.4 Å². The largest absolute Gasteiger partial charge is 0.295 e. The zero-order valence-electron chi connectivity index (χ0n) is 10.7. The van der Waals surface area contributed by atoms with E-state index in [4.69, 9.17) is 0 Å². The summed E-state index contributed by atoms with van der Waals surface area (Å²) in [5, 5.41) is 0. The van der Waals surface area contributed by atoms with Gasteiger partial charge in [-0.2, -0.15) is 0 Å². The van der Waals surface area contributed by atoms with E-state index in [1.807, 2.05) is 6.92 Å². The molecule has 1 saturated carbocycles. The Labute approximate surface area is 104 Å². The molecular formula is C16H20O. The molecule has 0 amide bonds. The van der Waals surface area contributed by atoms with Gasteiger partial charge in [0.2, 0.25) is 0 Å². The SMILES string of the molecule is CC(=O)/C=C(\C)c1ccc(C2CCCC2)cc1. The van der Waals surface area contributed by atoms with Crippen molar-refractivity contribution in [2.75, 3.05) is 0 Å². The summed E-state index contributed by atoms with van der Waals surface area (Å²) in [6, 6.07) is 8.73. The van der Waals surface area contributed by atoms with Crippen LogP contribution in [0.3, 0.4) is 0 Å². The van der Waals surface area contributed by atoms with Crippen molar-refractivity contribution in [2.24, 2.45) is 0 Å². The van der Waals surface area contributed by atoms with Crippen molar-refractivity contribution < 1.29 is 4.79 Å². The highest BCUT2D eigenvalue weighted by atomic mass is 16.1. The van der Waals surface area contributed by atoms with Crippen LogP contribution >= 0.6 is 0 Å². The standard InChI is InChI=1S/C16H20O/c1-12(11-13(2)17)14-7-9-16(10-8-14)15-5-3-4-6-15/h7-11,15H,3-6H2,1-2H3/b12-11+. The summed E-state index contributed by atoms with van der Waals surface area (Å²) < 4.78 is 0. The minimum absolute atomic E-state index is 0.113. The molecule has 0 bridgehead atoms. The second kappa shape index (κ2) is 5.31. The smallest absolute Gasteiger partial charge is 0.152 e. The Morgan fingerprint density at radius 2 is 1.71 bits per heavy atom. The van der Waals surface area contributed by atoms with Gasteiger partial charge >= 0.3 is 0 Å². The number of rotatable bonds is 3. The first-order valence-electron chi connectivity index (χ1n) is 6.46. The first-order valence-corrected chi connectivity index (χ1v) is 6.46. The van der Waals surface area contributed by atoms with Crippen molar-refractivity contribution in [3.05, 3.63) is 41.5 Å². The molecule has 1 fully saturated rings. The topological polar surface area (TPSA) is 17.1 Å². The maximum absolute atomic E-state index is 11.0. The maximum Gasteiger partial charge on any atom is 0.152 e. The van der Waals surface area contributed by atoms with Crippen molar-refractivity contribution in [1.29, 1.82) is 0 Å². The van der Waals surface area contributed by atoms with Crippen LogP contribution in [0.5, 0.6) is 0 Å². The minimum atomic E-state index is 0.113. The third-order valence-electron chi connectivity index (χ3n) is 3.61. The molecule has 2 rings (SSSR count). The number of hydrogen-bond acceptors (Lipinski definition) is 1. The van der Waals surface area contributed by atoms with Gasteiger partial charge in [-0.3, -0.25) is 4.79 Å². The third-order valence-corrected chi connectivity index (χ3v) is 3.61. The molecule has 0 radical (unpaired) electrons. The van der Waals surface area contributed by atoms with Crippen molar-refractivity contribution in [3.8, 4) is 0 Å². The molecule has 0 saturated heterocycles. The van der Waals surface area contributed by atoms with Crippen molar-refractivity contribution in [2.45, 2.75) is 45.4 Å². The molecule has 1 aromatic rings. The van der Waals surface area contributed by atoms with Gasteiger partial charge in [-0.25, -0.2) is 0 Å². The van der Waals surface area contributed by atoms with Gasteiger partial charge in [0.25, 0.3) is 0 Å². The lowest BCUT2D eigenvalue weighted by Gasteiger charge is -2.10. The molecular weight excluding hydrogens is 208 g/mol. The van der Waals surface area contributed by atoms with E-state index >= 15 is 0 Å². The summed E-state index contributed by atoms with van der Waals surface area (Å²) in [5.41, 5.74) is 3.67. The summed E-state index contributed by atoms with van der Waals surface area (Å²) in [6.07, 6.45) is 7.11. The predicted octanol–water partition coefficient (Wildman–Crippen LogP) is 4.34. The molecule has 1 aliphatic carbocycles. The Morgan fingerprint density at radius 3 is 2.24 bits per heavy atom. The van der Waals surface area contributed by atoms with Gasteiger partial charge in [0.1, 0.15) is 0 Å². The second-order valence-electron chi connectivity index (χ2n) is 5.04. The predicted molar refractivity (Wildman–Crippen MR) is 72.0 cm³/mol. The van der Waals surface area contributed by atoms with Crippen LogP contribution in [0.15, 0.2) is 30.3 Å². The van der Waals surface area contributed by atoms with Gasteiger partial charge in [0, 0.05) is 0 Å². The van der Waals surface area contributed by atoms with Crippen LogP contribution in [-0.4, -0.2) is 5.78 Å². The fraction of sp³-hybridized carbons (Fsp3) is 0.438. The van der Waals surface area contributed by atoms with Crippen molar-refractivity contribution >= 4 is 11.4 Å². The van der Waals surface area contributed by atoms with Crippen LogP contribution in [-0.2, 0) is 4.79 Å². The van der Waals surface area contributed by atoms with Crippen LogP contribution < -0.4 is 0 Å². The molecule has 1 nitrogen and oxygen atoms in total. The molecule has 0 heterocycles. The summed E-state index contributed by atoms with van der Waals surface area (Å²) in [7, 11) is 0. The summed E-state index contributed by atoms with van der Waals surface area (Å²) in [6.45, 7) is 3.59. The summed E-state index contributed by atoms with van der Waals surface area (Å²) in [4.78, 5) is 11.0. The molecule has 17 heavy (non-hydrogen) atoms. The van der Waals surface area contributed by atoms with Crippen LogP contribution in [0, 0.1) is 0 Å². The van der Waals surface area contributed by atoms with Crippen LogP contribution in [0.1, 0.15) is 56.6 Å². The van der Waals surface area contributed by atoms with Gasteiger partial charge in [-0.15, -0.1) is 0 Å². The second-order valence-corrected chi connectivity index (χ2v) is 5.04. The average Bonchev–Trinajstić information content (AvgIpc) is 2.82. The molecule has 0 unspecified atom stereocenters. The number of benzene rings is 1. The molecule has 1 heteroatoms. The van der Waals surface area contributed by atoms with E-state index in [2.05, 4.69) is 24.3 Å². The first-order chi connectivity index (χ1) is 8.16. The Bertz CT molecular complexity index is 419. The highest BCUT2D eigenvalue weighted by Crippen LogP contribution is 2.34. The Balaban J connectivity index is 2.15. The van der Waals surface area contributed by atoms with E-state index in [0.29, 0.717) is 0 Å². The lowest BCUT2D eigenvalue weighted by atomic mass is 9.95. The van der Waals surface area contributed by atoms with Crippen LogP contribution in [0.4, 0.5) is 0 Å². The molecule has 1 aliphatic rings. The van der Waals surface area contributed by atoms with E-state index < -0.39 is 0 Å². The monoisotopic (exact) mass is 228 g/mol. The zero-order chi connectivity index (χ0) is 12.3. The molecule has 0 atom stereocenters. The van der Waals surface area contributed by atoms with E-state index in [1.165, 1.54) is 31.2 Å². The van der Waals surface area contributed by atoms with E-state index in [9.17, 15) is 4.79 Å². The number of carbonyl (C=O) groups excluding carboxylic acids is 1. The van der Waals surface area contributed by atoms with Gasteiger partial charge in [-0.1, -0.05) is 37.1 Å². The van der Waals surface area contributed by atoms with Crippen LogP contribution in [0.25, 0.3) is 5.57 Å². The fourth-order valence-corrected chi connectivity index (χ4v) is 2.67. The lowest BCUT2D eigenvalue weighted by molar-refractivity contribution is -0.112. The Kier molecular flexibility index (Phi) is 3.78. The Morgan fingerprint density at radius 1 is 1.12 bits per heavy atom. The number of allylic oxidation sites excluding steroid dienone is 2. The average molecular weight is 228 g/mol. The molecule has 0 N–H and O–H groups in total. The summed E-state index contributed by atoms with van der Waals surface area (Å²) in [5.74, 6) is 0.878. The third kappa shape index (κ3) is 3.06. The molecule has 0 aliphatic heterocycles. The van der Waals surface area contributed by atoms with Gasteiger partial charge in [0.15, 0.2) is 5.78 Å². The molecule has 1 aromatic carbocycles. The Hall–Kier alpha value is -1.37. The molecule has 0 spiro atoms. The maximum atomic E-state index is 11.0. The van der Waals surface area contributed by atoms with E-state index in [-0.39, 0.29) is 5.78 Å². The van der Waals surface area contributed by atoms with Crippen LogP contribution in [0.2, 0.25) is 0 Å². The zero-order valence-corrected chi connectivity index (χ0v) is 10.7. The highest BCUT2D eigenvalue weighted by molar-refractivity contribution is 5.94. The van der Waals surface area contributed by atoms with Gasteiger partial charge in [0.05, 0.1) is 0 Å². The number of carbonyl (C=O) groups is 1. The normalized spacial score (nSPS) is 17.4. The number of hydrogen-bond donors (Lipinski definition) is 0. The molecule has 0 aromatic heterocycles. The lowest BCUT2D eigenvalue weighted by Crippen LogP contribution is -1.92. The van der Waals surface area contributed by atoms with E-state index in [1.54, 1.807) is 13.0 Å². The summed E-state index contributed by atoms with van der Waals surface area (Å²) >= 11 is 0. The molecule has 90 valence electrons. The highest BCUT2D eigenvalue weighted by Gasteiger charge is 2.16. The number of ketones is 1.